The van der Waals surface area contributed by atoms with Gasteiger partial charge in [0.25, 0.3) is 0 Å². The number of carbonyl (C=O) groups is 1. The molecule has 0 aliphatic heterocycles. The van der Waals surface area contributed by atoms with E-state index in [9.17, 15) is 4.79 Å². The van der Waals surface area contributed by atoms with Gasteiger partial charge in [-0.3, -0.25) is 4.79 Å². The summed E-state index contributed by atoms with van der Waals surface area (Å²) < 4.78 is 3.08. The van der Waals surface area contributed by atoms with Crippen LogP contribution in [-0.2, 0) is 13.0 Å². The second-order valence-electron chi connectivity index (χ2n) is 7.87. The molecule has 30 heavy (non-hydrogen) atoms. The molecule has 2 aromatic carbocycles. The van der Waals surface area contributed by atoms with E-state index in [0.717, 1.165) is 28.4 Å². The minimum Gasteiger partial charge on any atom is -0.306 e. The van der Waals surface area contributed by atoms with Crippen molar-refractivity contribution in [3.8, 4) is 0 Å². The molecule has 0 bridgehead atoms. The molecular formula is C24H28BrN3OS. The number of nitrogens with zero attached hydrogens (tertiary/aromatic N) is 3. The molecule has 0 saturated heterocycles. The minimum atomic E-state index is 0.0912. The maximum absolute atomic E-state index is 12.5. The van der Waals surface area contributed by atoms with Gasteiger partial charge in [0, 0.05) is 22.5 Å². The number of aromatic nitrogens is 3. The zero-order valence-corrected chi connectivity index (χ0v) is 20.3. The van der Waals surface area contributed by atoms with Crippen LogP contribution in [0, 0.1) is 5.92 Å². The molecule has 1 aromatic heterocycles. The van der Waals surface area contributed by atoms with Crippen LogP contribution in [0.2, 0.25) is 0 Å². The second kappa shape index (κ2) is 10.4. The highest BCUT2D eigenvalue weighted by molar-refractivity contribution is 9.10. The lowest BCUT2D eigenvalue weighted by atomic mass is 9.96. The third-order valence-corrected chi connectivity index (χ3v) is 6.57. The van der Waals surface area contributed by atoms with Gasteiger partial charge in [0.15, 0.2) is 10.9 Å². The molecule has 4 nitrogen and oxygen atoms in total. The molecule has 6 heteroatoms. The predicted molar refractivity (Wildman–Crippen MR) is 127 cm³/mol. The van der Waals surface area contributed by atoms with Gasteiger partial charge in [-0.15, -0.1) is 10.2 Å². The smallest absolute Gasteiger partial charge is 0.191 e. The fraction of sp³-hybridized carbons (Fsp3) is 0.375. The van der Waals surface area contributed by atoms with Crippen LogP contribution in [0.3, 0.4) is 0 Å². The Morgan fingerprint density at radius 1 is 1.03 bits per heavy atom. The molecule has 3 aromatic rings. The van der Waals surface area contributed by atoms with Crippen molar-refractivity contribution in [3.05, 3.63) is 75.5 Å². The molecular weight excluding hydrogens is 458 g/mol. The molecule has 0 N–H and O–H groups in total. The topological polar surface area (TPSA) is 47.8 Å². The van der Waals surface area contributed by atoms with E-state index in [4.69, 9.17) is 0 Å². The molecule has 1 atom stereocenters. The lowest BCUT2D eigenvalue weighted by Crippen LogP contribution is -2.09. The van der Waals surface area contributed by atoms with Crippen LogP contribution in [-0.4, -0.2) is 26.3 Å². The van der Waals surface area contributed by atoms with Crippen molar-refractivity contribution in [3.63, 3.8) is 0 Å². The first-order chi connectivity index (χ1) is 14.4. The Morgan fingerprint density at radius 2 is 1.70 bits per heavy atom. The summed E-state index contributed by atoms with van der Waals surface area (Å²) in [6, 6.07) is 16.3. The zero-order chi connectivity index (χ0) is 21.7. The van der Waals surface area contributed by atoms with Gasteiger partial charge < -0.3 is 4.57 Å². The van der Waals surface area contributed by atoms with E-state index >= 15 is 0 Å². The Hall–Kier alpha value is -1.92. The maximum Gasteiger partial charge on any atom is 0.191 e. The lowest BCUT2D eigenvalue weighted by Gasteiger charge is -2.14. The van der Waals surface area contributed by atoms with Crippen molar-refractivity contribution in [2.24, 2.45) is 5.92 Å². The summed E-state index contributed by atoms with van der Waals surface area (Å²) in [5, 5.41) is 9.65. The van der Waals surface area contributed by atoms with Crippen molar-refractivity contribution < 1.29 is 4.79 Å². The Labute approximate surface area is 191 Å². The van der Waals surface area contributed by atoms with E-state index in [1.54, 1.807) is 0 Å². The van der Waals surface area contributed by atoms with Gasteiger partial charge >= 0.3 is 0 Å². The fourth-order valence-corrected chi connectivity index (χ4v) is 4.60. The molecule has 0 radical (unpaired) electrons. The Morgan fingerprint density at radius 3 is 2.30 bits per heavy atom. The van der Waals surface area contributed by atoms with Gasteiger partial charge in [0.2, 0.25) is 0 Å². The summed E-state index contributed by atoms with van der Waals surface area (Å²) in [4.78, 5) is 12.5. The Kier molecular flexibility index (Phi) is 7.89. The van der Waals surface area contributed by atoms with E-state index in [-0.39, 0.29) is 11.7 Å². The van der Waals surface area contributed by atoms with Gasteiger partial charge in [-0.1, -0.05) is 84.9 Å². The van der Waals surface area contributed by atoms with Gasteiger partial charge in [-0.05, 0) is 42.5 Å². The summed E-state index contributed by atoms with van der Waals surface area (Å²) >= 11 is 4.85. The number of benzene rings is 2. The molecule has 3 rings (SSSR count). The first-order valence-electron chi connectivity index (χ1n) is 10.3. The monoisotopic (exact) mass is 485 g/mol. The lowest BCUT2D eigenvalue weighted by molar-refractivity contribution is 0.102. The highest BCUT2D eigenvalue weighted by Crippen LogP contribution is 2.27. The fourth-order valence-electron chi connectivity index (χ4n) is 3.44. The zero-order valence-electron chi connectivity index (χ0n) is 17.9. The molecule has 0 fully saturated rings. The van der Waals surface area contributed by atoms with E-state index in [0.29, 0.717) is 17.2 Å². The number of Topliss-reactive ketones (excluding diaryl/α,β-unsaturated/α-hetero) is 1. The number of carbonyl (C=O) groups excluding carboxylic acids is 1. The third-order valence-electron chi connectivity index (χ3n) is 5.07. The molecule has 0 amide bonds. The van der Waals surface area contributed by atoms with Crippen LogP contribution < -0.4 is 0 Å². The van der Waals surface area contributed by atoms with Crippen molar-refractivity contribution in [1.29, 1.82) is 0 Å². The van der Waals surface area contributed by atoms with Gasteiger partial charge in [-0.25, -0.2) is 0 Å². The van der Waals surface area contributed by atoms with E-state index < -0.39 is 0 Å². The van der Waals surface area contributed by atoms with Crippen molar-refractivity contribution >= 4 is 33.5 Å². The van der Waals surface area contributed by atoms with E-state index in [1.807, 2.05) is 24.3 Å². The summed E-state index contributed by atoms with van der Waals surface area (Å²) in [5.74, 6) is 2.16. The van der Waals surface area contributed by atoms with E-state index in [2.05, 4.69) is 82.7 Å². The van der Waals surface area contributed by atoms with Gasteiger partial charge in [0.1, 0.15) is 5.82 Å². The third kappa shape index (κ3) is 5.61. The number of hydrogen-bond acceptors (Lipinski definition) is 4. The number of thioether (sulfide) groups is 1. The van der Waals surface area contributed by atoms with Crippen LogP contribution in [0.4, 0.5) is 0 Å². The molecule has 0 aliphatic carbocycles. The highest BCUT2D eigenvalue weighted by Gasteiger charge is 2.19. The van der Waals surface area contributed by atoms with Crippen molar-refractivity contribution in [2.75, 3.05) is 5.75 Å². The van der Waals surface area contributed by atoms with Gasteiger partial charge in [-0.2, -0.15) is 0 Å². The molecule has 1 heterocycles. The second-order valence-corrected chi connectivity index (χ2v) is 9.72. The first-order valence-corrected chi connectivity index (χ1v) is 12.1. The highest BCUT2D eigenvalue weighted by atomic mass is 79.9. The van der Waals surface area contributed by atoms with Crippen LogP contribution in [0.5, 0.6) is 0 Å². The number of rotatable bonds is 9. The molecule has 158 valence electrons. The largest absolute Gasteiger partial charge is 0.306 e. The van der Waals surface area contributed by atoms with Crippen LogP contribution in [0.15, 0.2) is 58.2 Å². The van der Waals surface area contributed by atoms with Crippen LogP contribution in [0.1, 0.15) is 60.9 Å². The van der Waals surface area contributed by atoms with Crippen molar-refractivity contribution in [2.45, 2.75) is 51.7 Å². The SMILES string of the molecule is CCn1c(SCC(=O)c2ccc(Br)cc2)nnc1C(C)c1ccc(CC(C)C)cc1. The Bertz CT molecular complexity index is 981. The average molecular weight is 486 g/mol. The van der Waals surface area contributed by atoms with Crippen LogP contribution in [0.25, 0.3) is 0 Å². The molecule has 0 saturated carbocycles. The molecule has 0 aliphatic rings. The summed E-state index contributed by atoms with van der Waals surface area (Å²) in [5.41, 5.74) is 3.30. The normalized spacial score (nSPS) is 12.3. The average Bonchev–Trinajstić information content (AvgIpc) is 3.15. The molecule has 1 unspecified atom stereocenters. The maximum atomic E-state index is 12.5. The quantitative estimate of drug-likeness (QED) is 0.260. The van der Waals surface area contributed by atoms with Gasteiger partial charge in [0.05, 0.1) is 5.75 Å². The standard InChI is InChI=1S/C24H28BrN3OS/c1-5-28-23(17(4)19-8-6-18(7-9-19)14-16(2)3)26-27-24(28)30-15-22(29)20-10-12-21(25)13-11-20/h6-13,16-17H,5,14-15H2,1-4H3. The predicted octanol–water partition coefficient (Wildman–Crippen LogP) is 6.39. The van der Waals surface area contributed by atoms with Crippen LogP contribution >= 0.6 is 27.7 Å². The summed E-state index contributed by atoms with van der Waals surface area (Å²) in [6.07, 6.45) is 1.09. The molecule has 0 spiro atoms. The Balaban J connectivity index is 1.71. The first kappa shape index (κ1) is 22.8. The number of halogens is 1. The summed E-state index contributed by atoms with van der Waals surface area (Å²) in [7, 11) is 0. The number of hydrogen-bond donors (Lipinski definition) is 0. The van der Waals surface area contributed by atoms with Crippen molar-refractivity contribution in [1.82, 2.24) is 14.8 Å². The minimum absolute atomic E-state index is 0.0912. The number of ketones is 1. The summed E-state index contributed by atoms with van der Waals surface area (Å²) in [6.45, 7) is 9.50. The van der Waals surface area contributed by atoms with E-state index in [1.165, 1.54) is 22.9 Å².